The minimum atomic E-state index is -0.0622. The third kappa shape index (κ3) is 2.45. The summed E-state index contributed by atoms with van der Waals surface area (Å²) >= 11 is 0. The van der Waals surface area contributed by atoms with Crippen LogP contribution in [-0.4, -0.2) is 30.7 Å². The van der Waals surface area contributed by atoms with Gasteiger partial charge in [-0.2, -0.15) is 0 Å². The topological polar surface area (TPSA) is 56.4 Å². The first-order valence-electron chi connectivity index (χ1n) is 7.13. The van der Waals surface area contributed by atoms with Gasteiger partial charge in [-0.25, -0.2) is 0 Å². The van der Waals surface area contributed by atoms with E-state index in [2.05, 4.69) is 9.88 Å². The molecule has 0 bridgehead atoms. The highest BCUT2D eigenvalue weighted by Gasteiger charge is 2.23. The van der Waals surface area contributed by atoms with Crippen LogP contribution in [0.4, 0.5) is 0 Å². The molecule has 5 nitrogen and oxygen atoms in total. The Morgan fingerprint density at radius 2 is 2.40 bits per heavy atom. The quantitative estimate of drug-likeness (QED) is 0.824. The Morgan fingerprint density at radius 1 is 1.55 bits per heavy atom. The predicted molar refractivity (Wildman–Crippen MR) is 75.8 cm³/mol. The largest absolute Gasteiger partial charge is 0.463 e. The van der Waals surface area contributed by atoms with Crippen LogP contribution in [0.15, 0.2) is 22.8 Å². The highest BCUT2D eigenvalue weighted by molar-refractivity contribution is 5.97. The van der Waals surface area contributed by atoms with Crippen molar-refractivity contribution in [3.05, 3.63) is 24.1 Å². The number of methoxy groups -OCH3 is 1. The van der Waals surface area contributed by atoms with E-state index in [-0.39, 0.29) is 5.91 Å². The van der Waals surface area contributed by atoms with Crippen molar-refractivity contribution < 1.29 is 13.9 Å². The Labute approximate surface area is 117 Å². The Kier molecular flexibility index (Phi) is 3.78. The zero-order valence-corrected chi connectivity index (χ0v) is 11.7. The van der Waals surface area contributed by atoms with Crippen molar-refractivity contribution in [1.82, 2.24) is 9.88 Å². The van der Waals surface area contributed by atoms with Gasteiger partial charge in [0.2, 0.25) is 0 Å². The monoisotopic (exact) mass is 276 g/mol. The summed E-state index contributed by atoms with van der Waals surface area (Å²) in [6.45, 7) is 1.94. The average Bonchev–Trinajstić information content (AvgIpc) is 2.95. The zero-order valence-electron chi connectivity index (χ0n) is 11.7. The first kappa shape index (κ1) is 13.2. The fourth-order valence-electron chi connectivity index (χ4n) is 2.65. The predicted octanol–water partition coefficient (Wildman–Crippen LogP) is 2.41. The van der Waals surface area contributed by atoms with Crippen molar-refractivity contribution in [3.8, 4) is 0 Å². The molecule has 0 aromatic carbocycles. The van der Waals surface area contributed by atoms with E-state index in [1.54, 1.807) is 13.4 Å². The third-order valence-electron chi connectivity index (χ3n) is 4.01. The lowest BCUT2D eigenvalue weighted by Gasteiger charge is -2.26. The molecule has 1 amide bonds. The molecular weight excluding hydrogens is 256 g/mol. The molecule has 0 saturated heterocycles. The molecule has 0 aliphatic heterocycles. The molecule has 0 radical (unpaired) electrons. The summed E-state index contributed by atoms with van der Waals surface area (Å²) < 4.78 is 12.5. The number of nitrogens with one attached hydrogen (secondary N) is 1. The summed E-state index contributed by atoms with van der Waals surface area (Å²) in [6, 6.07) is 3.76. The molecule has 108 valence electrons. The highest BCUT2D eigenvalue weighted by atomic mass is 16.5. The molecule has 0 unspecified atom stereocenters. The maximum absolute atomic E-state index is 12.3. The molecule has 2 heterocycles. The van der Waals surface area contributed by atoms with Gasteiger partial charge in [-0.1, -0.05) is 6.42 Å². The Bertz CT molecular complexity index is 595. The van der Waals surface area contributed by atoms with Crippen molar-refractivity contribution in [3.63, 3.8) is 0 Å². The van der Waals surface area contributed by atoms with Gasteiger partial charge in [0, 0.05) is 32.3 Å². The van der Waals surface area contributed by atoms with Crippen molar-refractivity contribution in [2.24, 2.45) is 5.92 Å². The van der Waals surface area contributed by atoms with E-state index in [9.17, 15) is 4.79 Å². The standard InChI is InChI=1S/C15H20N2O3/c1-19-8-6-16-15(18)13-9-14-12(5-7-20-14)17(13)10-11-3-2-4-11/h5,7,9,11H,2-4,6,8,10H2,1H3,(H,16,18). The number of fused-ring (bicyclic) bond motifs is 1. The van der Waals surface area contributed by atoms with E-state index in [0.717, 1.165) is 17.6 Å². The number of amides is 1. The molecule has 1 fully saturated rings. The number of ether oxygens (including phenoxy) is 1. The van der Waals surface area contributed by atoms with Gasteiger partial charge in [0.05, 0.1) is 18.4 Å². The minimum absolute atomic E-state index is 0.0622. The van der Waals surface area contributed by atoms with Crippen LogP contribution >= 0.6 is 0 Å². The maximum Gasteiger partial charge on any atom is 0.268 e. The van der Waals surface area contributed by atoms with Crippen molar-refractivity contribution in [2.45, 2.75) is 25.8 Å². The molecule has 2 aromatic heterocycles. The number of carbonyl (C=O) groups excluding carboxylic acids is 1. The molecule has 1 aliphatic carbocycles. The van der Waals surface area contributed by atoms with Crippen LogP contribution in [0.3, 0.4) is 0 Å². The van der Waals surface area contributed by atoms with Crippen LogP contribution in [-0.2, 0) is 11.3 Å². The van der Waals surface area contributed by atoms with Crippen molar-refractivity contribution in [2.75, 3.05) is 20.3 Å². The van der Waals surface area contributed by atoms with Gasteiger partial charge < -0.3 is 19.0 Å². The van der Waals surface area contributed by atoms with E-state index in [0.29, 0.717) is 24.8 Å². The average molecular weight is 276 g/mol. The normalized spacial score (nSPS) is 15.4. The fraction of sp³-hybridized carbons (Fsp3) is 0.533. The second-order valence-electron chi connectivity index (χ2n) is 5.36. The molecule has 0 spiro atoms. The molecule has 2 aromatic rings. The maximum atomic E-state index is 12.3. The number of carbonyl (C=O) groups is 1. The van der Waals surface area contributed by atoms with Gasteiger partial charge in [-0.15, -0.1) is 0 Å². The first-order valence-corrected chi connectivity index (χ1v) is 7.13. The number of hydrogen-bond acceptors (Lipinski definition) is 3. The first-order chi connectivity index (χ1) is 9.79. The van der Waals surface area contributed by atoms with E-state index < -0.39 is 0 Å². The lowest BCUT2D eigenvalue weighted by Crippen LogP contribution is -2.30. The number of furan rings is 1. The van der Waals surface area contributed by atoms with Crippen LogP contribution in [0.2, 0.25) is 0 Å². The summed E-state index contributed by atoms with van der Waals surface area (Å²) in [7, 11) is 1.62. The molecule has 3 rings (SSSR count). The Morgan fingerprint density at radius 3 is 3.10 bits per heavy atom. The summed E-state index contributed by atoms with van der Waals surface area (Å²) in [4.78, 5) is 12.3. The molecule has 5 heteroatoms. The van der Waals surface area contributed by atoms with E-state index in [1.165, 1.54) is 19.3 Å². The van der Waals surface area contributed by atoms with E-state index >= 15 is 0 Å². The smallest absolute Gasteiger partial charge is 0.268 e. The number of rotatable bonds is 6. The van der Waals surface area contributed by atoms with Gasteiger partial charge in [-0.3, -0.25) is 4.79 Å². The SMILES string of the molecule is COCCNC(=O)c1cc2occc2n1CC1CCC1. The van der Waals surface area contributed by atoms with Crippen molar-refractivity contribution >= 4 is 17.0 Å². The second-order valence-corrected chi connectivity index (χ2v) is 5.36. The molecule has 20 heavy (non-hydrogen) atoms. The van der Waals surface area contributed by atoms with Crippen LogP contribution < -0.4 is 5.32 Å². The summed E-state index contributed by atoms with van der Waals surface area (Å²) in [5, 5.41) is 2.87. The van der Waals surface area contributed by atoms with E-state index in [1.807, 2.05) is 12.1 Å². The summed E-state index contributed by atoms with van der Waals surface area (Å²) in [6.07, 6.45) is 5.48. The summed E-state index contributed by atoms with van der Waals surface area (Å²) in [5.41, 5.74) is 2.47. The van der Waals surface area contributed by atoms with Crippen LogP contribution in [0, 0.1) is 5.92 Å². The number of aromatic nitrogens is 1. The highest BCUT2D eigenvalue weighted by Crippen LogP contribution is 2.31. The molecule has 1 N–H and O–H groups in total. The number of nitrogens with zero attached hydrogens (tertiary/aromatic N) is 1. The Balaban J connectivity index is 1.82. The Hall–Kier alpha value is -1.75. The van der Waals surface area contributed by atoms with Crippen LogP contribution in [0.1, 0.15) is 29.8 Å². The zero-order chi connectivity index (χ0) is 13.9. The molecule has 0 atom stereocenters. The van der Waals surface area contributed by atoms with Crippen LogP contribution in [0.5, 0.6) is 0 Å². The summed E-state index contributed by atoms with van der Waals surface area (Å²) in [5.74, 6) is 0.624. The van der Waals surface area contributed by atoms with Gasteiger partial charge in [0.1, 0.15) is 5.69 Å². The number of hydrogen-bond donors (Lipinski definition) is 1. The van der Waals surface area contributed by atoms with Gasteiger partial charge in [-0.05, 0) is 18.8 Å². The van der Waals surface area contributed by atoms with Gasteiger partial charge >= 0.3 is 0 Å². The van der Waals surface area contributed by atoms with Gasteiger partial charge in [0.15, 0.2) is 5.58 Å². The molecule has 1 aliphatic rings. The molecule has 1 saturated carbocycles. The third-order valence-corrected chi connectivity index (χ3v) is 4.01. The van der Waals surface area contributed by atoms with E-state index in [4.69, 9.17) is 9.15 Å². The lowest BCUT2D eigenvalue weighted by atomic mass is 9.85. The lowest BCUT2D eigenvalue weighted by molar-refractivity contribution is 0.0926. The van der Waals surface area contributed by atoms with Crippen molar-refractivity contribution in [1.29, 1.82) is 0 Å². The van der Waals surface area contributed by atoms with Gasteiger partial charge in [0.25, 0.3) is 5.91 Å². The van der Waals surface area contributed by atoms with Crippen LogP contribution in [0.25, 0.3) is 11.1 Å². The fourth-order valence-corrected chi connectivity index (χ4v) is 2.65. The molecular formula is C15H20N2O3. The minimum Gasteiger partial charge on any atom is -0.463 e. The second kappa shape index (κ2) is 5.71.